The van der Waals surface area contributed by atoms with Crippen LogP contribution in [0.1, 0.15) is 18.1 Å². The van der Waals surface area contributed by atoms with Crippen molar-refractivity contribution in [2.45, 2.75) is 20.3 Å². The number of aryl methyl sites for hydroxylation is 1. The van der Waals surface area contributed by atoms with Crippen LogP contribution in [0.3, 0.4) is 0 Å². The first-order valence-corrected chi connectivity index (χ1v) is 5.34. The lowest BCUT2D eigenvalue weighted by molar-refractivity contribution is -0.142. The van der Waals surface area contributed by atoms with Gasteiger partial charge in [0.1, 0.15) is 0 Å². The molecule has 0 aliphatic carbocycles. The Morgan fingerprint density at radius 1 is 1.50 bits per heavy atom. The van der Waals surface area contributed by atoms with Crippen molar-refractivity contribution in [1.29, 1.82) is 0 Å². The van der Waals surface area contributed by atoms with Crippen LogP contribution >= 0.6 is 15.9 Å². The van der Waals surface area contributed by atoms with Crippen LogP contribution in [-0.4, -0.2) is 12.6 Å². The Morgan fingerprint density at radius 3 is 2.86 bits per heavy atom. The molecular weight excluding hydrogens is 244 g/mol. The van der Waals surface area contributed by atoms with Gasteiger partial charge in [0.2, 0.25) is 0 Å². The SMILES string of the molecule is CCOC(=O)Cc1cccc(C)c1Br. The van der Waals surface area contributed by atoms with Crippen LogP contribution in [0.2, 0.25) is 0 Å². The van der Waals surface area contributed by atoms with Crippen molar-refractivity contribution in [3.05, 3.63) is 33.8 Å². The van der Waals surface area contributed by atoms with Crippen LogP contribution in [0, 0.1) is 6.92 Å². The van der Waals surface area contributed by atoms with E-state index in [0.29, 0.717) is 13.0 Å². The molecule has 76 valence electrons. The molecule has 0 fully saturated rings. The summed E-state index contributed by atoms with van der Waals surface area (Å²) in [6.07, 6.45) is 0.329. The summed E-state index contributed by atoms with van der Waals surface area (Å²) in [6.45, 7) is 4.24. The van der Waals surface area contributed by atoms with E-state index in [2.05, 4.69) is 15.9 Å². The predicted molar refractivity (Wildman–Crippen MR) is 59.2 cm³/mol. The van der Waals surface area contributed by atoms with Gasteiger partial charge in [-0.1, -0.05) is 34.1 Å². The zero-order valence-corrected chi connectivity index (χ0v) is 9.93. The highest BCUT2D eigenvalue weighted by Gasteiger charge is 2.08. The van der Waals surface area contributed by atoms with Crippen LogP contribution in [0.5, 0.6) is 0 Å². The number of esters is 1. The maximum Gasteiger partial charge on any atom is 0.310 e. The Kier molecular flexibility index (Phi) is 4.14. The van der Waals surface area contributed by atoms with Gasteiger partial charge < -0.3 is 4.74 Å². The van der Waals surface area contributed by atoms with E-state index in [9.17, 15) is 4.79 Å². The van der Waals surface area contributed by atoms with Crippen molar-refractivity contribution in [3.63, 3.8) is 0 Å². The fourth-order valence-electron chi connectivity index (χ4n) is 1.21. The summed E-state index contributed by atoms with van der Waals surface area (Å²) in [4.78, 5) is 11.2. The van der Waals surface area contributed by atoms with Gasteiger partial charge in [-0.3, -0.25) is 4.79 Å². The number of hydrogen-bond acceptors (Lipinski definition) is 2. The number of carbonyl (C=O) groups is 1. The van der Waals surface area contributed by atoms with Gasteiger partial charge in [-0.05, 0) is 25.0 Å². The van der Waals surface area contributed by atoms with Gasteiger partial charge in [-0.25, -0.2) is 0 Å². The van der Waals surface area contributed by atoms with Crippen molar-refractivity contribution in [2.75, 3.05) is 6.61 Å². The van der Waals surface area contributed by atoms with Gasteiger partial charge in [-0.2, -0.15) is 0 Å². The van der Waals surface area contributed by atoms with Gasteiger partial charge in [0.05, 0.1) is 13.0 Å². The van der Waals surface area contributed by atoms with Crippen molar-refractivity contribution < 1.29 is 9.53 Å². The molecule has 0 bridgehead atoms. The average molecular weight is 257 g/mol. The molecule has 0 heterocycles. The molecule has 0 aromatic heterocycles. The lowest BCUT2D eigenvalue weighted by Gasteiger charge is -2.06. The van der Waals surface area contributed by atoms with Crippen LogP contribution in [0.25, 0.3) is 0 Å². The third kappa shape index (κ3) is 2.84. The maximum atomic E-state index is 11.2. The predicted octanol–water partition coefficient (Wildman–Crippen LogP) is 2.86. The maximum absolute atomic E-state index is 11.2. The van der Waals surface area contributed by atoms with Gasteiger partial charge in [0, 0.05) is 4.47 Å². The van der Waals surface area contributed by atoms with E-state index < -0.39 is 0 Å². The van der Waals surface area contributed by atoms with Gasteiger partial charge in [0.25, 0.3) is 0 Å². The molecule has 0 atom stereocenters. The Hall–Kier alpha value is -0.830. The molecule has 0 spiro atoms. The van der Waals surface area contributed by atoms with E-state index in [1.807, 2.05) is 32.0 Å². The summed E-state index contributed by atoms with van der Waals surface area (Å²) >= 11 is 3.45. The monoisotopic (exact) mass is 256 g/mol. The van der Waals surface area contributed by atoms with Crippen molar-refractivity contribution in [3.8, 4) is 0 Å². The molecule has 1 aromatic rings. The minimum Gasteiger partial charge on any atom is -0.466 e. The van der Waals surface area contributed by atoms with E-state index in [4.69, 9.17) is 4.74 Å². The topological polar surface area (TPSA) is 26.3 Å². The van der Waals surface area contributed by atoms with Gasteiger partial charge in [0.15, 0.2) is 0 Å². The van der Waals surface area contributed by atoms with Crippen molar-refractivity contribution in [1.82, 2.24) is 0 Å². The summed E-state index contributed by atoms with van der Waals surface area (Å²) < 4.78 is 5.87. The summed E-state index contributed by atoms with van der Waals surface area (Å²) in [7, 11) is 0. The third-order valence-corrected chi connectivity index (χ3v) is 3.05. The van der Waals surface area contributed by atoms with Crippen LogP contribution in [0.15, 0.2) is 22.7 Å². The van der Waals surface area contributed by atoms with Gasteiger partial charge in [-0.15, -0.1) is 0 Å². The van der Waals surface area contributed by atoms with Gasteiger partial charge >= 0.3 is 5.97 Å². The summed E-state index contributed by atoms with van der Waals surface area (Å²) in [5.41, 5.74) is 2.11. The molecule has 1 rings (SSSR count). The fraction of sp³-hybridized carbons (Fsp3) is 0.364. The largest absolute Gasteiger partial charge is 0.466 e. The minimum absolute atomic E-state index is 0.182. The second kappa shape index (κ2) is 5.15. The summed E-state index contributed by atoms with van der Waals surface area (Å²) in [5.74, 6) is -0.182. The van der Waals surface area contributed by atoms with E-state index >= 15 is 0 Å². The molecule has 0 saturated carbocycles. The average Bonchev–Trinajstić information content (AvgIpc) is 2.13. The normalized spacial score (nSPS) is 9.93. The number of ether oxygens (including phenoxy) is 1. The number of benzene rings is 1. The molecular formula is C11H13BrO2. The molecule has 0 amide bonds. The molecule has 14 heavy (non-hydrogen) atoms. The lowest BCUT2D eigenvalue weighted by atomic mass is 10.1. The minimum atomic E-state index is -0.182. The highest BCUT2D eigenvalue weighted by molar-refractivity contribution is 9.10. The zero-order valence-electron chi connectivity index (χ0n) is 8.34. The van der Waals surface area contributed by atoms with E-state index in [1.54, 1.807) is 0 Å². The Morgan fingerprint density at radius 2 is 2.21 bits per heavy atom. The first-order chi connectivity index (χ1) is 6.65. The zero-order chi connectivity index (χ0) is 10.6. The van der Waals surface area contributed by atoms with Crippen LogP contribution in [0.4, 0.5) is 0 Å². The standard InChI is InChI=1S/C11H13BrO2/c1-3-14-10(13)7-9-6-4-5-8(2)11(9)12/h4-6H,3,7H2,1-2H3. The number of carbonyl (C=O) groups excluding carboxylic acids is 1. The molecule has 0 radical (unpaired) electrons. The van der Waals surface area contributed by atoms with E-state index in [1.165, 1.54) is 0 Å². The molecule has 0 aliphatic rings. The third-order valence-electron chi connectivity index (χ3n) is 1.91. The molecule has 0 saturated heterocycles. The van der Waals surface area contributed by atoms with Crippen molar-refractivity contribution >= 4 is 21.9 Å². The number of hydrogen-bond donors (Lipinski definition) is 0. The lowest BCUT2D eigenvalue weighted by Crippen LogP contribution is -2.08. The number of halogens is 1. The first kappa shape index (κ1) is 11.2. The molecule has 0 unspecified atom stereocenters. The fourth-order valence-corrected chi connectivity index (χ4v) is 1.62. The Labute approximate surface area is 92.4 Å². The van der Waals surface area contributed by atoms with E-state index in [0.717, 1.165) is 15.6 Å². The molecule has 1 aromatic carbocycles. The second-order valence-electron chi connectivity index (χ2n) is 3.03. The molecule has 0 aliphatic heterocycles. The first-order valence-electron chi connectivity index (χ1n) is 4.54. The number of rotatable bonds is 3. The second-order valence-corrected chi connectivity index (χ2v) is 3.82. The van der Waals surface area contributed by atoms with Crippen molar-refractivity contribution in [2.24, 2.45) is 0 Å². The van der Waals surface area contributed by atoms with Crippen LogP contribution < -0.4 is 0 Å². The molecule has 2 nitrogen and oxygen atoms in total. The summed E-state index contributed by atoms with van der Waals surface area (Å²) in [5, 5.41) is 0. The molecule has 0 N–H and O–H groups in total. The summed E-state index contributed by atoms with van der Waals surface area (Å²) in [6, 6.07) is 5.86. The highest BCUT2D eigenvalue weighted by atomic mass is 79.9. The van der Waals surface area contributed by atoms with Crippen LogP contribution in [-0.2, 0) is 16.0 Å². The Bertz CT molecular complexity index is 334. The molecule has 3 heteroatoms. The highest BCUT2D eigenvalue weighted by Crippen LogP contribution is 2.21. The Balaban J connectivity index is 2.76. The quantitative estimate of drug-likeness (QED) is 0.778. The van der Waals surface area contributed by atoms with E-state index in [-0.39, 0.29) is 5.97 Å². The smallest absolute Gasteiger partial charge is 0.310 e.